The predicted molar refractivity (Wildman–Crippen MR) is 105 cm³/mol. The number of hydrogen-bond donors (Lipinski definition) is 1. The monoisotopic (exact) mass is 413 g/mol. The van der Waals surface area contributed by atoms with Gasteiger partial charge in [-0.1, -0.05) is 18.3 Å². The van der Waals surface area contributed by atoms with Gasteiger partial charge in [-0.25, -0.2) is 22.8 Å². The number of hydrogen-bond acceptors (Lipinski definition) is 7. The van der Waals surface area contributed by atoms with Crippen LogP contribution in [0.3, 0.4) is 0 Å². The molecule has 2 rings (SSSR count). The van der Waals surface area contributed by atoms with E-state index in [9.17, 15) is 12.8 Å². The number of anilines is 1. The molecule has 0 fully saturated rings. The molecule has 0 spiro atoms. The molecule has 0 radical (unpaired) electrons. The van der Waals surface area contributed by atoms with E-state index < -0.39 is 20.9 Å². The lowest BCUT2D eigenvalue weighted by Crippen LogP contribution is -2.30. The minimum absolute atomic E-state index is 0.0587. The Kier molecular flexibility index (Phi) is 7.03. The maximum Gasteiger partial charge on any atom is 0.159 e. The third-order valence-corrected chi connectivity index (χ3v) is 6.29. The van der Waals surface area contributed by atoms with Crippen molar-refractivity contribution in [2.75, 3.05) is 25.3 Å². The van der Waals surface area contributed by atoms with Crippen LogP contribution >= 0.6 is 12.2 Å². The first-order valence-corrected chi connectivity index (χ1v) is 10.1. The van der Waals surface area contributed by atoms with Crippen molar-refractivity contribution in [3.63, 3.8) is 0 Å². The van der Waals surface area contributed by atoms with Crippen LogP contribution in [0.15, 0.2) is 30.6 Å². The van der Waals surface area contributed by atoms with E-state index in [0.29, 0.717) is 17.2 Å². The maximum absolute atomic E-state index is 12.9. The average molecular weight is 413 g/mol. The molecule has 0 unspecified atom stereocenters. The lowest BCUT2D eigenvalue weighted by Gasteiger charge is -2.17. The fraction of sp³-hybridized carbons (Fsp3) is 0.353. The molecule has 0 saturated carbocycles. The molecular weight excluding hydrogens is 393 g/mol. The lowest BCUT2D eigenvalue weighted by atomic mass is 10.2. The molecule has 1 aromatic heterocycles. The van der Waals surface area contributed by atoms with Crippen LogP contribution in [0.2, 0.25) is 0 Å². The zero-order valence-electron chi connectivity index (χ0n) is 15.1. The molecule has 10 heteroatoms. The second-order valence-corrected chi connectivity index (χ2v) is 8.64. The van der Waals surface area contributed by atoms with Crippen molar-refractivity contribution in [1.29, 1.82) is 0 Å². The van der Waals surface area contributed by atoms with E-state index in [0.717, 1.165) is 12.4 Å². The molecule has 7 nitrogen and oxygen atoms in total. The van der Waals surface area contributed by atoms with E-state index in [1.807, 2.05) is 0 Å². The molecule has 0 aliphatic rings. The number of halogens is 1. The van der Waals surface area contributed by atoms with Gasteiger partial charge in [0.1, 0.15) is 28.8 Å². The second kappa shape index (κ2) is 9.05. The third kappa shape index (κ3) is 5.57. The first-order valence-electron chi connectivity index (χ1n) is 7.95. The molecule has 146 valence electrons. The van der Waals surface area contributed by atoms with Crippen molar-refractivity contribution in [1.82, 2.24) is 9.97 Å². The van der Waals surface area contributed by atoms with Gasteiger partial charge in [-0.3, -0.25) is 0 Å². The van der Waals surface area contributed by atoms with Crippen LogP contribution < -0.4 is 14.8 Å². The Balaban J connectivity index is 2.09. The largest absolute Gasteiger partial charge is 0.494 e. The SMILES string of the molecule is COc1cccc(OC)c1NC(=S)CS(=O)(=O)[C@@H](C)Cc1ncc(F)cn1. The Morgan fingerprint density at radius 2 is 1.78 bits per heavy atom. The summed E-state index contributed by atoms with van der Waals surface area (Å²) in [6.07, 6.45) is 2.06. The summed E-state index contributed by atoms with van der Waals surface area (Å²) in [5.41, 5.74) is 0.456. The molecule has 0 saturated heterocycles. The van der Waals surface area contributed by atoms with Crippen LogP contribution in [-0.2, 0) is 16.3 Å². The highest BCUT2D eigenvalue weighted by molar-refractivity contribution is 7.94. The summed E-state index contributed by atoms with van der Waals surface area (Å²) in [6.45, 7) is 1.54. The zero-order chi connectivity index (χ0) is 20.0. The molecule has 27 heavy (non-hydrogen) atoms. The van der Waals surface area contributed by atoms with Crippen molar-refractivity contribution in [2.24, 2.45) is 0 Å². The number of aromatic nitrogens is 2. The fourth-order valence-corrected chi connectivity index (χ4v) is 4.02. The van der Waals surface area contributed by atoms with Gasteiger partial charge in [-0.05, 0) is 19.1 Å². The highest BCUT2D eigenvalue weighted by Gasteiger charge is 2.25. The number of methoxy groups -OCH3 is 2. The molecule has 0 amide bonds. The van der Waals surface area contributed by atoms with E-state index in [1.54, 1.807) is 18.2 Å². The number of thiocarbonyl (C=S) groups is 1. The van der Waals surface area contributed by atoms with Crippen LogP contribution in [0.4, 0.5) is 10.1 Å². The zero-order valence-corrected chi connectivity index (χ0v) is 16.7. The van der Waals surface area contributed by atoms with Crippen LogP contribution in [0.5, 0.6) is 11.5 Å². The fourth-order valence-electron chi connectivity index (χ4n) is 2.30. The number of para-hydroxylation sites is 1. The van der Waals surface area contributed by atoms with Gasteiger partial charge < -0.3 is 14.8 Å². The highest BCUT2D eigenvalue weighted by Crippen LogP contribution is 2.34. The van der Waals surface area contributed by atoms with E-state index >= 15 is 0 Å². The number of benzene rings is 1. The normalized spacial score (nSPS) is 12.3. The molecule has 1 atom stereocenters. The summed E-state index contributed by atoms with van der Waals surface area (Å²) in [5.74, 6) is 0.248. The van der Waals surface area contributed by atoms with Crippen LogP contribution in [0.1, 0.15) is 12.7 Å². The minimum Gasteiger partial charge on any atom is -0.494 e. The Bertz CT molecular complexity index is 883. The molecule has 1 heterocycles. The second-order valence-electron chi connectivity index (χ2n) is 5.73. The first kappa shape index (κ1) is 21.0. The van der Waals surface area contributed by atoms with Gasteiger partial charge >= 0.3 is 0 Å². The summed E-state index contributed by atoms with van der Waals surface area (Å²) >= 11 is 5.22. The molecule has 1 aromatic carbocycles. The van der Waals surface area contributed by atoms with E-state index in [-0.39, 0.29) is 23.0 Å². The van der Waals surface area contributed by atoms with Gasteiger partial charge in [0.05, 0.1) is 36.9 Å². The van der Waals surface area contributed by atoms with Crippen LogP contribution in [0.25, 0.3) is 0 Å². The molecule has 0 bridgehead atoms. The summed E-state index contributed by atoms with van der Waals surface area (Å²) in [5, 5.41) is 2.10. The van der Waals surface area contributed by atoms with Gasteiger partial charge in [0, 0.05) is 6.42 Å². The summed E-state index contributed by atoms with van der Waals surface area (Å²) in [7, 11) is -0.605. The van der Waals surface area contributed by atoms with E-state index in [4.69, 9.17) is 21.7 Å². The third-order valence-electron chi connectivity index (χ3n) is 3.78. The van der Waals surface area contributed by atoms with Crippen LogP contribution in [0, 0.1) is 5.82 Å². The summed E-state index contributed by atoms with van der Waals surface area (Å²) in [6, 6.07) is 5.15. The topological polar surface area (TPSA) is 90.4 Å². The van der Waals surface area contributed by atoms with Crippen LogP contribution in [-0.4, -0.2) is 48.6 Å². The van der Waals surface area contributed by atoms with Gasteiger partial charge in [-0.15, -0.1) is 0 Å². The Labute approximate surface area is 162 Å². The number of rotatable bonds is 8. The van der Waals surface area contributed by atoms with Crippen molar-refractivity contribution < 1.29 is 22.3 Å². The Morgan fingerprint density at radius 3 is 2.30 bits per heavy atom. The standard InChI is InChI=1S/C17H20FN3O4S2/c1-11(7-15-19-8-12(18)9-20-15)27(22,23)10-16(26)21-17-13(24-2)5-4-6-14(17)25-3/h4-6,8-9,11H,7,10H2,1-3H3,(H,21,26)/t11-/m0/s1. The summed E-state index contributed by atoms with van der Waals surface area (Å²) < 4.78 is 48.6. The van der Waals surface area contributed by atoms with Crippen molar-refractivity contribution in [3.8, 4) is 11.5 Å². The Hall–Kier alpha value is -2.33. The van der Waals surface area contributed by atoms with Gasteiger partial charge in [-0.2, -0.15) is 0 Å². The van der Waals surface area contributed by atoms with E-state index in [2.05, 4.69) is 15.3 Å². The average Bonchev–Trinajstić information content (AvgIpc) is 2.63. The molecule has 0 aliphatic carbocycles. The quantitative estimate of drug-likeness (QED) is 0.660. The predicted octanol–water partition coefficient (Wildman–Crippen LogP) is 2.42. The van der Waals surface area contributed by atoms with Crippen molar-refractivity contribution in [3.05, 3.63) is 42.2 Å². The number of nitrogens with zero attached hydrogens (tertiary/aromatic N) is 2. The van der Waals surface area contributed by atoms with E-state index in [1.165, 1.54) is 21.1 Å². The highest BCUT2D eigenvalue weighted by atomic mass is 32.2. The molecule has 0 aliphatic heterocycles. The van der Waals surface area contributed by atoms with Gasteiger partial charge in [0.25, 0.3) is 0 Å². The Morgan fingerprint density at radius 1 is 1.22 bits per heavy atom. The smallest absolute Gasteiger partial charge is 0.159 e. The summed E-state index contributed by atoms with van der Waals surface area (Å²) in [4.78, 5) is 7.69. The molecule has 2 aromatic rings. The molecular formula is C17H20FN3O4S2. The maximum atomic E-state index is 12.9. The molecule has 1 N–H and O–H groups in total. The number of nitrogens with one attached hydrogen (secondary N) is 1. The van der Waals surface area contributed by atoms with Gasteiger partial charge in [0.15, 0.2) is 15.7 Å². The number of ether oxygens (including phenoxy) is 2. The lowest BCUT2D eigenvalue weighted by molar-refractivity contribution is 0.398. The van der Waals surface area contributed by atoms with Crippen molar-refractivity contribution >= 4 is 32.7 Å². The van der Waals surface area contributed by atoms with Crippen molar-refractivity contribution in [2.45, 2.75) is 18.6 Å². The first-order chi connectivity index (χ1) is 12.8. The van der Waals surface area contributed by atoms with Gasteiger partial charge in [0.2, 0.25) is 0 Å². The number of sulfone groups is 1. The minimum atomic E-state index is -3.59.